The van der Waals surface area contributed by atoms with E-state index in [-0.39, 0.29) is 18.1 Å². The number of hydrogen-bond acceptors (Lipinski definition) is 5. The maximum absolute atomic E-state index is 15.9. The van der Waals surface area contributed by atoms with Crippen LogP contribution in [0.15, 0.2) is 59.1 Å². The van der Waals surface area contributed by atoms with Crippen molar-refractivity contribution in [2.24, 2.45) is 5.92 Å². The summed E-state index contributed by atoms with van der Waals surface area (Å²) in [5, 5.41) is 14.7. The lowest BCUT2D eigenvalue weighted by atomic mass is 9.89. The van der Waals surface area contributed by atoms with Crippen molar-refractivity contribution in [3.8, 4) is 28.4 Å². The van der Waals surface area contributed by atoms with Crippen molar-refractivity contribution < 1.29 is 23.6 Å². The molecule has 7 nitrogen and oxygen atoms in total. The van der Waals surface area contributed by atoms with Gasteiger partial charge in [-0.05, 0) is 61.2 Å². The van der Waals surface area contributed by atoms with Gasteiger partial charge >= 0.3 is 5.97 Å². The van der Waals surface area contributed by atoms with Crippen LogP contribution in [0.1, 0.15) is 73.6 Å². The van der Waals surface area contributed by atoms with E-state index in [1.807, 2.05) is 18.4 Å². The van der Waals surface area contributed by atoms with Crippen molar-refractivity contribution in [2.45, 2.75) is 65.0 Å². The van der Waals surface area contributed by atoms with Crippen LogP contribution >= 0.6 is 23.2 Å². The molecule has 10 heteroatoms. The third-order valence-corrected chi connectivity index (χ3v) is 8.90. The van der Waals surface area contributed by atoms with E-state index in [2.05, 4.69) is 5.16 Å². The molecular weight excluding hydrogens is 604 g/mol. The molecule has 0 aliphatic heterocycles. The zero-order chi connectivity index (χ0) is 31.0. The summed E-state index contributed by atoms with van der Waals surface area (Å²) in [6.45, 7) is 4.67. The number of nitrogens with zero attached hydrogens (tertiary/aromatic N) is 3. The molecule has 228 valence electrons. The Hall–Kier alpha value is -3.88. The number of aromatic carboxylic acids is 1. The third kappa shape index (κ3) is 5.93. The minimum atomic E-state index is -1.01. The lowest BCUT2D eigenvalue weighted by molar-refractivity contribution is 0.0697. The van der Waals surface area contributed by atoms with E-state index in [1.54, 1.807) is 42.5 Å². The van der Waals surface area contributed by atoms with Crippen LogP contribution in [0.2, 0.25) is 10.0 Å². The van der Waals surface area contributed by atoms with Gasteiger partial charge in [-0.25, -0.2) is 14.2 Å². The average Bonchev–Trinajstić information content (AvgIpc) is 3.58. The van der Waals surface area contributed by atoms with Gasteiger partial charge in [-0.1, -0.05) is 67.5 Å². The molecule has 3 aromatic carbocycles. The zero-order valence-electron chi connectivity index (χ0n) is 24.4. The first-order valence-electron chi connectivity index (χ1n) is 14.8. The summed E-state index contributed by atoms with van der Waals surface area (Å²) >= 11 is 12.9. The number of benzene rings is 3. The van der Waals surface area contributed by atoms with E-state index in [0.717, 1.165) is 25.7 Å². The predicted molar refractivity (Wildman–Crippen MR) is 169 cm³/mol. The van der Waals surface area contributed by atoms with Crippen LogP contribution in [0.5, 0.6) is 5.75 Å². The summed E-state index contributed by atoms with van der Waals surface area (Å²) in [5.41, 5.74) is 3.52. The predicted octanol–water partition coefficient (Wildman–Crippen LogP) is 9.79. The fraction of sp³-hybridized carbons (Fsp3) is 0.324. The van der Waals surface area contributed by atoms with Crippen LogP contribution in [0, 0.1) is 11.7 Å². The Morgan fingerprint density at radius 3 is 2.52 bits per heavy atom. The Bertz CT molecular complexity index is 1820. The molecule has 44 heavy (non-hydrogen) atoms. The monoisotopic (exact) mass is 635 g/mol. The molecule has 0 spiro atoms. The molecular formula is C34H32Cl2FN3O4. The molecule has 0 radical (unpaired) electrons. The van der Waals surface area contributed by atoms with Crippen molar-refractivity contribution in [3.05, 3.63) is 87.3 Å². The zero-order valence-corrected chi connectivity index (χ0v) is 26.0. The molecule has 1 aliphatic carbocycles. The highest BCUT2D eigenvalue weighted by Gasteiger charge is 2.25. The molecule has 2 heterocycles. The Morgan fingerprint density at radius 1 is 1.09 bits per heavy atom. The molecule has 6 rings (SSSR count). The third-order valence-electron chi connectivity index (χ3n) is 8.27. The Kier molecular flexibility index (Phi) is 8.65. The van der Waals surface area contributed by atoms with Gasteiger partial charge < -0.3 is 18.9 Å². The van der Waals surface area contributed by atoms with Crippen molar-refractivity contribution in [3.63, 3.8) is 0 Å². The van der Waals surface area contributed by atoms with E-state index in [1.165, 1.54) is 18.6 Å². The standard InChI is InChI=1S/C34H32Cl2FN3O4/c1-19(2)32-24(31(39-44-32)30-25(35)9-6-10-26(30)36)18-43-22-12-13-23(27(37)16-22)33-38-28-14-11-21(34(41)42)15-29(28)40(33)17-20-7-4-3-5-8-20/h6,9-16,19-20H,3-5,7-8,17-18H2,1-2H3,(H,41,42). The van der Waals surface area contributed by atoms with E-state index in [0.29, 0.717) is 73.3 Å². The summed E-state index contributed by atoms with van der Waals surface area (Å²) in [6.07, 6.45) is 5.68. The molecule has 0 bridgehead atoms. The molecule has 2 aromatic heterocycles. The molecule has 1 N–H and O–H groups in total. The minimum absolute atomic E-state index is 0.00836. The SMILES string of the molecule is CC(C)c1onc(-c2c(Cl)cccc2Cl)c1COc1ccc(-c2nc3ccc(C(=O)O)cc3n2CC2CCCCC2)c(F)c1. The van der Waals surface area contributed by atoms with Gasteiger partial charge in [0.05, 0.1) is 37.8 Å². The smallest absolute Gasteiger partial charge is 0.335 e. The number of fused-ring (bicyclic) bond motifs is 1. The summed E-state index contributed by atoms with van der Waals surface area (Å²) in [6, 6.07) is 14.8. The number of carboxylic acid groups (broad SMARTS) is 1. The first-order chi connectivity index (χ1) is 21.2. The highest BCUT2D eigenvalue weighted by atomic mass is 35.5. The Labute approximate surface area is 264 Å². The minimum Gasteiger partial charge on any atom is -0.489 e. The quantitative estimate of drug-likeness (QED) is 0.173. The van der Waals surface area contributed by atoms with Gasteiger partial charge in [0.15, 0.2) is 0 Å². The second kappa shape index (κ2) is 12.6. The molecule has 0 atom stereocenters. The molecule has 5 aromatic rings. The largest absolute Gasteiger partial charge is 0.489 e. The molecule has 0 unspecified atom stereocenters. The average molecular weight is 637 g/mol. The number of carbonyl (C=O) groups is 1. The molecule has 0 amide bonds. The fourth-order valence-corrected chi connectivity index (χ4v) is 6.61. The number of hydrogen-bond donors (Lipinski definition) is 1. The number of rotatable bonds is 9. The lowest BCUT2D eigenvalue weighted by Crippen LogP contribution is -2.15. The van der Waals surface area contributed by atoms with Crippen molar-refractivity contribution >= 4 is 40.2 Å². The van der Waals surface area contributed by atoms with Gasteiger partial charge in [-0.15, -0.1) is 0 Å². The number of aromatic nitrogens is 3. The van der Waals surface area contributed by atoms with Crippen LogP contribution < -0.4 is 4.74 Å². The van der Waals surface area contributed by atoms with Crippen molar-refractivity contribution in [2.75, 3.05) is 0 Å². The lowest BCUT2D eigenvalue weighted by Gasteiger charge is -2.23. The molecule has 1 fully saturated rings. The van der Waals surface area contributed by atoms with E-state index in [9.17, 15) is 9.90 Å². The van der Waals surface area contributed by atoms with Crippen molar-refractivity contribution in [1.82, 2.24) is 14.7 Å². The number of ether oxygens (including phenoxy) is 1. The van der Waals surface area contributed by atoms with Gasteiger partial charge in [0.25, 0.3) is 0 Å². The van der Waals surface area contributed by atoms with Crippen LogP contribution in [-0.2, 0) is 13.2 Å². The van der Waals surface area contributed by atoms with Crippen LogP contribution in [-0.4, -0.2) is 25.8 Å². The summed E-state index contributed by atoms with van der Waals surface area (Å²) in [7, 11) is 0. The normalized spacial score (nSPS) is 14.0. The van der Waals surface area contributed by atoms with Gasteiger partial charge in [0.1, 0.15) is 35.5 Å². The van der Waals surface area contributed by atoms with Gasteiger partial charge in [0.2, 0.25) is 0 Å². The van der Waals surface area contributed by atoms with Crippen LogP contribution in [0.3, 0.4) is 0 Å². The Balaban J connectivity index is 1.33. The second-order valence-electron chi connectivity index (χ2n) is 11.6. The molecule has 1 saturated carbocycles. The second-order valence-corrected chi connectivity index (χ2v) is 12.4. The summed E-state index contributed by atoms with van der Waals surface area (Å²) in [4.78, 5) is 16.5. The first kappa shape index (κ1) is 30.2. The maximum Gasteiger partial charge on any atom is 0.335 e. The molecule has 1 aliphatic rings. The van der Waals surface area contributed by atoms with E-state index >= 15 is 4.39 Å². The van der Waals surface area contributed by atoms with E-state index < -0.39 is 11.8 Å². The van der Waals surface area contributed by atoms with Crippen LogP contribution in [0.25, 0.3) is 33.7 Å². The summed E-state index contributed by atoms with van der Waals surface area (Å²) < 4.78 is 29.6. The van der Waals surface area contributed by atoms with Crippen LogP contribution in [0.4, 0.5) is 4.39 Å². The topological polar surface area (TPSA) is 90.4 Å². The fourth-order valence-electron chi connectivity index (χ4n) is 6.03. The Morgan fingerprint density at radius 2 is 1.84 bits per heavy atom. The van der Waals surface area contributed by atoms with E-state index in [4.69, 9.17) is 37.4 Å². The van der Waals surface area contributed by atoms with Crippen molar-refractivity contribution in [1.29, 1.82) is 0 Å². The van der Waals surface area contributed by atoms with Gasteiger partial charge in [-0.3, -0.25) is 0 Å². The van der Waals surface area contributed by atoms with Gasteiger partial charge in [0, 0.05) is 24.1 Å². The molecule has 0 saturated heterocycles. The maximum atomic E-state index is 15.9. The number of carboxylic acids is 1. The number of halogens is 3. The van der Waals surface area contributed by atoms with Gasteiger partial charge in [-0.2, -0.15) is 0 Å². The summed E-state index contributed by atoms with van der Waals surface area (Å²) in [5.74, 6) is 0.332. The highest BCUT2D eigenvalue weighted by molar-refractivity contribution is 6.39. The first-order valence-corrected chi connectivity index (χ1v) is 15.6. The number of imidazole rings is 1. The highest BCUT2D eigenvalue weighted by Crippen LogP contribution is 2.39.